The van der Waals surface area contributed by atoms with Gasteiger partial charge in [0, 0.05) is 48.6 Å². The Morgan fingerprint density at radius 2 is 0.930 bits per heavy atom. The van der Waals surface area contributed by atoms with Crippen molar-refractivity contribution >= 4 is 42.1 Å². The molecule has 0 bridgehead atoms. The first kappa shape index (κ1) is 28.5. The van der Waals surface area contributed by atoms with E-state index in [1.807, 2.05) is 24.3 Å². The van der Waals surface area contributed by atoms with Gasteiger partial charge in [0.05, 0.1) is 9.79 Å². The van der Waals surface area contributed by atoms with Crippen LogP contribution < -0.4 is 9.44 Å². The highest BCUT2D eigenvalue weighted by atomic mass is 32.2. The highest BCUT2D eigenvalue weighted by Gasteiger charge is 2.16. The van der Waals surface area contributed by atoms with E-state index < -0.39 is 20.0 Å². The monoisotopic (exact) mass is 610 g/mol. The Morgan fingerprint density at radius 3 is 1.35 bits per heavy atom. The van der Waals surface area contributed by atoms with Crippen LogP contribution in [0, 0.1) is 0 Å². The molecule has 0 aliphatic rings. The van der Waals surface area contributed by atoms with Crippen molar-refractivity contribution in [2.24, 2.45) is 0 Å². The number of sulfonamides is 2. The fourth-order valence-electron chi connectivity index (χ4n) is 4.55. The van der Waals surface area contributed by atoms with Gasteiger partial charge < -0.3 is 0 Å². The number of hydrogen-bond donors (Lipinski definition) is 2. The molecule has 0 radical (unpaired) electrons. The van der Waals surface area contributed by atoms with Crippen LogP contribution in [0.3, 0.4) is 0 Å². The Hall–Kier alpha value is -4.62. The van der Waals surface area contributed by atoms with Gasteiger partial charge in [-0.1, -0.05) is 24.3 Å². The average Bonchev–Trinajstić information content (AvgIpc) is 3.03. The molecule has 0 unspecified atom stereocenters. The molecule has 0 aliphatic carbocycles. The summed E-state index contributed by atoms with van der Waals surface area (Å²) in [7, 11) is -7.47. The van der Waals surface area contributed by atoms with Crippen LogP contribution in [-0.2, 0) is 39.6 Å². The van der Waals surface area contributed by atoms with E-state index in [9.17, 15) is 16.8 Å². The average molecular weight is 611 g/mol. The van der Waals surface area contributed by atoms with Crippen molar-refractivity contribution in [1.29, 1.82) is 0 Å². The Morgan fingerprint density at radius 1 is 0.512 bits per heavy atom. The Bertz CT molecular complexity index is 1980. The van der Waals surface area contributed by atoms with Gasteiger partial charge in [-0.15, -0.1) is 0 Å². The molecule has 10 nitrogen and oxygen atoms in total. The molecule has 6 aromatic rings. The van der Waals surface area contributed by atoms with E-state index in [0.717, 1.165) is 33.0 Å². The van der Waals surface area contributed by atoms with Crippen LogP contribution in [-0.4, -0.2) is 36.8 Å². The van der Waals surface area contributed by atoms with Crippen LogP contribution in [0.15, 0.2) is 120 Å². The second-order valence-corrected chi connectivity index (χ2v) is 13.4. The predicted molar refractivity (Wildman–Crippen MR) is 163 cm³/mol. The minimum atomic E-state index is -3.73. The zero-order chi connectivity index (χ0) is 29.9. The second-order valence-electron chi connectivity index (χ2n) is 9.90. The van der Waals surface area contributed by atoms with E-state index >= 15 is 0 Å². The minimum Gasteiger partial charge on any atom is -0.237 e. The maximum atomic E-state index is 12.9. The molecular weight excluding hydrogens is 585 g/mol. The predicted octanol–water partition coefficient (Wildman–Crippen LogP) is 4.12. The van der Waals surface area contributed by atoms with Gasteiger partial charge in [0.2, 0.25) is 20.0 Å². The molecule has 2 aromatic carbocycles. The lowest BCUT2D eigenvalue weighted by atomic mass is 10.1. The lowest BCUT2D eigenvalue weighted by Gasteiger charge is -2.10. The van der Waals surface area contributed by atoms with Gasteiger partial charge in [0.1, 0.15) is 0 Å². The van der Waals surface area contributed by atoms with Crippen molar-refractivity contribution in [3.8, 4) is 0 Å². The summed E-state index contributed by atoms with van der Waals surface area (Å²) in [5.74, 6) is 0. The fourth-order valence-corrected chi connectivity index (χ4v) is 6.58. The molecular formula is C31H26N6O4S2. The summed E-state index contributed by atoms with van der Waals surface area (Å²) in [6.07, 6.45) is 7.03. The van der Waals surface area contributed by atoms with Gasteiger partial charge in [-0.05, 0) is 89.3 Å². The molecule has 0 amide bonds. The lowest BCUT2D eigenvalue weighted by molar-refractivity contribution is 0.579. The molecule has 0 saturated carbocycles. The number of hydrogen-bond acceptors (Lipinski definition) is 8. The van der Waals surface area contributed by atoms with Crippen molar-refractivity contribution in [2.45, 2.75) is 29.3 Å². The summed E-state index contributed by atoms with van der Waals surface area (Å²) >= 11 is 0. The van der Waals surface area contributed by atoms with Crippen LogP contribution >= 0.6 is 0 Å². The number of nitrogens with one attached hydrogen (secondary N) is 2. The smallest absolute Gasteiger partial charge is 0.237 e. The van der Waals surface area contributed by atoms with Crippen LogP contribution in [0.2, 0.25) is 0 Å². The standard InChI is InChI=1S/C31H26N6O4S2/c38-42(39,36-20-24-16-26-3-1-13-32-30(26)34-18-24)28-9-5-22(6-10-28)15-23-7-11-29(12-8-23)43(40,41)37-21-25-17-27-4-2-14-33-31(27)35-19-25/h1-14,16-19,36-37H,15,20-21H2. The molecule has 0 spiro atoms. The maximum absolute atomic E-state index is 12.9. The van der Waals surface area contributed by atoms with Crippen molar-refractivity contribution in [2.75, 3.05) is 0 Å². The normalized spacial score (nSPS) is 12.1. The van der Waals surface area contributed by atoms with Gasteiger partial charge in [0.15, 0.2) is 11.3 Å². The highest BCUT2D eigenvalue weighted by molar-refractivity contribution is 7.89. The van der Waals surface area contributed by atoms with Crippen LogP contribution in [0.1, 0.15) is 22.3 Å². The molecule has 43 heavy (non-hydrogen) atoms. The number of benzene rings is 2. The van der Waals surface area contributed by atoms with E-state index in [2.05, 4.69) is 29.4 Å². The van der Waals surface area contributed by atoms with Crippen molar-refractivity contribution < 1.29 is 16.8 Å². The first-order valence-electron chi connectivity index (χ1n) is 13.3. The largest absolute Gasteiger partial charge is 0.240 e. The van der Waals surface area contributed by atoms with E-state index in [1.54, 1.807) is 85.5 Å². The third kappa shape index (κ3) is 6.73. The van der Waals surface area contributed by atoms with Gasteiger partial charge >= 0.3 is 0 Å². The number of rotatable bonds is 10. The van der Waals surface area contributed by atoms with Gasteiger partial charge in [-0.3, -0.25) is 0 Å². The zero-order valence-corrected chi connectivity index (χ0v) is 24.4. The van der Waals surface area contributed by atoms with Gasteiger partial charge in [-0.25, -0.2) is 46.2 Å². The molecule has 216 valence electrons. The summed E-state index contributed by atoms with van der Waals surface area (Å²) in [6.45, 7) is 0.200. The summed E-state index contributed by atoms with van der Waals surface area (Å²) < 4.78 is 56.7. The molecule has 0 aliphatic heterocycles. The summed E-state index contributed by atoms with van der Waals surface area (Å²) in [6, 6.07) is 24.3. The van der Waals surface area contributed by atoms with Crippen molar-refractivity contribution in [1.82, 2.24) is 29.4 Å². The maximum Gasteiger partial charge on any atom is 0.240 e. The first-order chi connectivity index (χ1) is 20.7. The molecule has 2 N–H and O–H groups in total. The fraction of sp³-hybridized carbons (Fsp3) is 0.0968. The Balaban J connectivity index is 1.06. The first-order valence-corrected chi connectivity index (χ1v) is 16.3. The lowest BCUT2D eigenvalue weighted by Crippen LogP contribution is -2.23. The van der Waals surface area contributed by atoms with Crippen molar-refractivity contribution in [3.63, 3.8) is 0 Å². The summed E-state index contributed by atoms with van der Waals surface area (Å²) in [5, 5.41) is 1.67. The summed E-state index contributed by atoms with van der Waals surface area (Å²) in [5.41, 5.74) is 4.43. The third-order valence-corrected chi connectivity index (χ3v) is 9.66. The van der Waals surface area contributed by atoms with Crippen LogP contribution in [0.25, 0.3) is 22.1 Å². The van der Waals surface area contributed by atoms with Gasteiger partial charge in [0.25, 0.3) is 0 Å². The Kier molecular flexibility index (Phi) is 7.91. The second kappa shape index (κ2) is 11.9. The van der Waals surface area contributed by atoms with E-state index in [1.165, 1.54) is 0 Å². The number of pyridine rings is 4. The molecule has 0 fully saturated rings. The van der Waals surface area contributed by atoms with Gasteiger partial charge in [-0.2, -0.15) is 0 Å². The molecule has 0 saturated heterocycles. The summed E-state index contributed by atoms with van der Waals surface area (Å²) in [4.78, 5) is 17.2. The molecule has 4 heterocycles. The van der Waals surface area contributed by atoms with Crippen molar-refractivity contribution in [3.05, 3.63) is 132 Å². The number of nitrogens with zero attached hydrogens (tertiary/aromatic N) is 4. The van der Waals surface area contributed by atoms with Crippen LogP contribution in [0.4, 0.5) is 0 Å². The quantitative estimate of drug-likeness (QED) is 0.236. The molecule has 12 heteroatoms. The SMILES string of the molecule is O=S(=O)(NCc1cnc2ncccc2c1)c1ccc(Cc2ccc(S(=O)(=O)NCc3cnc4ncccc4c3)cc2)cc1. The number of fused-ring (bicyclic) bond motifs is 2. The van der Waals surface area contributed by atoms with Crippen LogP contribution in [0.5, 0.6) is 0 Å². The topological polar surface area (TPSA) is 144 Å². The Labute approximate surface area is 249 Å². The molecule has 0 atom stereocenters. The van der Waals surface area contributed by atoms with E-state index in [4.69, 9.17) is 0 Å². The number of aromatic nitrogens is 4. The van der Waals surface area contributed by atoms with E-state index in [0.29, 0.717) is 17.7 Å². The molecule has 6 rings (SSSR count). The minimum absolute atomic E-state index is 0.0999. The highest BCUT2D eigenvalue weighted by Crippen LogP contribution is 2.18. The molecule has 4 aromatic heterocycles. The zero-order valence-electron chi connectivity index (χ0n) is 22.8. The third-order valence-electron chi connectivity index (χ3n) is 6.83. The van der Waals surface area contributed by atoms with E-state index in [-0.39, 0.29) is 22.9 Å².